The van der Waals surface area contributed by atoms with Crippen molar-refractivity contribution in [3.8, 4) is 0 Å². The summed E-state index contributed by atoms with van der Waals surface area (Å²) in [6.07, 6.45) is 5.36. The summed E-state index contributed by atoms with van der Waals surface area (Å²) in [6, 6.07) is 2.05. The SMILES string of the molecule is Cn1ccc(Cc2sc(N)nc2C2CC2)n1. The number of thiazole rings is 1. The lowest BCUT2D eigenvalue weighted by Crippen LogP contribution is -1.94. The minimum absolute atomic E-state index is 0.660. The van der Waals surface area contributed by atoms with Crippen LogP contribution in [0.3, 0.4) is 0 Å². The smallest absolute Gasteiger partial charge is 0.180 e. The molecule has 0 radical (unpaired) electrons. The van der Waals surface area contributed by atoms with Gasteiger partial charge in [0.25, 0.3) is 0 Å². The van der Waals surface area contributed by atoms with Crippen LogP contribution in [0.4, 0.5) is 5.13 Å². The number of aryl methyl sites for hydroxylation is 1. The van der Waals surface area contributed by atoms with Gasteiger partial charge in [0.05, 0.1) is 11.4 Å². The molecular formula is C11H14N4S. The molecule has 1 fully saturated rings. The van der Waals surface area contributed by atoms with Crippen molar-refractivity contribution in [2.75, 3.05) is 5.73 Å². The van der Waals surface area contributed by atoms with Crippen LogP contribution in [-0.4, -0.2) is 14.8 Å². The fourth-order valence-electron chi connectivity index (χ4n) is 1.91. The minimum Gasteiger partial charge on any atom is -0.375 e. The highest BCUT2D eigenvalue weighted by atomic mass is 32.1. The van der Waals surface area contributed by atoms with E-state index < -0.39 is 0 Å². The highest BCUT2D eigenvalue weighted by Crippen LogP contribution is 2.43. The van der Waals surface area contributed by atoms with Gasteiger partial charge in [-0.25, -0.2) is 4.98 Å². The van der Waals surface area contributed by atoms with E-state index in [2.05, 4.69) is 10.1 Å². The fraction of sp³-hybridized carbons (Fsp3) is 0.455. The topological polar surface area (TPSA) is 56.7 Å². The predicted molar refractivity (Wildman–Crippen MR) is 64.5 cm³/mol. The Morgan fingerprint density at radius 2 is 2.38 bits per heavy atom. The van der Waals surface area contributed by atoms with Gasteiger partial charge in [-0.05, 0) is 18.9 Å². The van der Waals surface area contributed by atoms with Crippen LogP contribution in [0.25, 0.3) is 0 Å². The molecule has 0 saturated heterocycles. The summed E-state index contributed by atoms with van der Waals surface area (Å²) < 4.78 is 1.83. The van der Waals surface area contributed by atoms with Crippen LogP contribution < -0.4 is 5.73 Å². The van der Waals surface area contributed by atoms with Crippen LogP contribution in [0.2, 0.25) is 0 Å². The van der Waals surface area contributed by atoms with E-state index >= 15 is 0 Å². The number of rotatable bonds is 3. The van der Waals surface area contributed by atoms with E-state index in [1.807, 2.05) is 24.0 Å². The Kier molecular flexibility index (Phi) is 2.21. The van der Waals surface area contributed by atoms with Crippen molar-refractivity contribution < 1.29 is 0 Å². The summed E-state index contributed by atoms with van der Waals surface area (Å²) in [7, 11) is 1.94. The van der Waals surface area contributed by atoms with Crippen molar-refractivity contribution in [1.29, 1.82) is 0 Å². The maximum Gasteiger partial charge on any atom is 0.180 e. The van der Waals surface area contributed by atoms with E-state index in [-0.39, 0.29) is 0 Å². The quantitative estimate of drug-likeness (QED) is 0.882. The van der Waals surface area contributed by atoms with Crippen molar-refractivity contribution >= 4 is 16.5 Å². The lowest BCUT2D eigenvalue weighted by atomic mass is 10.2. The number of nitrogen functional groups attached to an aromatic ring is 1. The molecule has 3 rings (SSSR count). The molecule has 2 aromatic rings. The van der Waals surface area contributed by atoms with E-state index in [1.54, 1.807) is 11.3 Å². The monoisotopic (exact) mass is 234 g/mol. The maximum atomic E-state index is 5.79. The lowest BCUT2D eigenvalue weighted by Gasteiger charge is -1.97. The van der Waals surface area contributed by atoms with Gasteiger partial charge in [0, 0.05) is 30.5 Å². The summed E-state index contributed by atoms with van der Waals surface area (Å²) in [6.45, 7) is 0. The van der Waals surface area contributed by atoms with Gasteiger partial charge >= 0.3 is 0 Å². The van der Waals surface area contributed by atoms with Crippen molar-refractivity contribution in [1.82, 2.24) is 14.8 Å². The minimum atomic E-state index is 0.660. The third kappa shape index (κ3) is 1.82. The van der Waals surface area contributed by atoms with Crippen molar-refractivity contribution in [2.45, 2.75) is 25.2 Å². The Morgan fingerprint density at radius 3 is 3.00 bits per heavy atom. The molecule has 1 aliphatic carbocycles. The Balaban J connectivity index is 1.88. The summed E-state index contributed by atoms with van der Waals surface area (Å²) in [5.41, 5.74) is 8.09. The third-order valence-corrected chi connectivity index (χ3v) is 3.72. The molecule has 0 aromatic carbocycles. The second kappa shape index (κ2) is 3.59. The van der Waals surface area contributed by atoms with E-state index in [0.717, 1.165) is 12.1 Å². The van der Waals surface area contributed by atoms with Crippen LogP contribution in [0.5, 0.6) is 0 Å². The van der Waals surface area contributed by atoms with Crippen LogP contribution in [0.1, 0.15) is 35.0 Å². The van der Waals surface area contributed by atoms with E-state index in [1.165, 1.54) is 23.4 Å². The number of nitrogens with zero attached hydrogens (tertiary/aromatic N) is 3. The number of nitrogens with two attached hydrogens (primary N) is 1. The zero-order valence-electron chi connectivity index (χ0n) is 9.18. The Morgan fingerprint density at radius 1 is 1.56 bits per heavy atom. The molecule has 16 heavy (non-hydrogen) atoms. The Hall–Kier alpha value is -1.36. The van der Waals surface area contributed by atoms with Crippen molar-refractivity contribution in [3.63, 3.8) is 0 Å². The first-order valence-corrected chi connectivity index (χ1v) is 6.27. The van der Waals surface area contributed by atoms with Crippen LogP contribution in [-0.2, 0) is 13.5 Å². The highest BCUT2D eigenvalue weighted by Gasteiger charge is 2.29. The van der Waals surface area contributed by atoms with Gasteiger partial charge in [-0.1, -0.05) is 0 Å². The molecule has 0 amide bonds. The molecule has 2 N–H and O–H groups in total. The zero-order valence-corrected chi connectivity index (χ0v) is 10.00. The van der Waals surface area contributed by atoms with Crippen molar-refractivity contribution in [3.05, 3.63) is 28.5 Å². The van der Waals surface area contributed by atoms with Gasteiger partial charge in [0.1, 0.15) is 0 Å². The summed E-state index contributed by atoms with van der Waals surface area (Å²) >= 11 is 1.60. The Bertz CT molecular complexity index is 510. The molecule has 5 heteroatoms. The molecule has 84 valence electrons. The molecule has 4 nitrogen and oxygen atoms in total. The average Bonchev–Trinajstić information content (AvgIpc) is 2.91. The van der Waals surface area contributed by atoms with Gasteiger partial charge in [-0.2, -0.15) is 5.10 Å². The number of anilines is 1. The van der Waals surface area contributed by atoms with E-state index in [9.17, 15) is 0 Å². The Labute approximate surface area is 98.1 Å². The molecule has 1 saturated carbocycles. The summed E-state index contributed by atoms with van der Waals surface area (Å²) in [5.74, 6) is 0.660. The average molecular weight is 234 g/mol. The number of hydrogen-bond acceptors (Lipinski definition) is 4. The van der Waals surface area contributed by atoms with Crippen molar-refractivity contribution in [2.24, 2.45) is 7.05 Å². The molecule has 0 unspecified atom stereocenters. The molecule has 2 heterocycles. The van der Waals surface area contributed by atoms with E-state index in [4.69, 9.17) is 5.73 Å². The number of hydrogen-bond donors (Lipinski definition) is 1. The first-order chi connectivity index (χ1) is 7.72. The second-order valence-corrected chi connectivity index (χ2v) is 5.41. The van der Waals surface area contributed by atoms with Gasteiger partial charge in [0.15, 0.2) is 5.13 Å². The number of aromatic nitrogens is 3. The maximum absolute atomic E-state index is 5.79. The molecule has 0 aliphatic heterocycles. The lowest BCUT2D eigenvalue weighted by molar-refractivity contribution is 0.749. The first kappa shape index (κ1) is 9.84. The molecule has 2 aromatic heterocycles. The highest BCUT2D eigenvalue weighted by molar-refractivity contribution is 7.15. The van der Waals surface area contributed by atoms with Crippen LogP contribution >= 0.6 is 11.3 Å². The first-order valence-electron chi connectivity index (χ1n) is 5.46. The predicted octanol–water partition coefficient (Wildman–Crippen LogP) is 1.93. The summed E-state index contributed by atoms with van der Waals surface area (Å²) in [4.78, 5) is 5.73. The van der Waals surface area contributed by atoms with Gasteiger partial charge in [-0.15, -0.1) is 11.3 Å². The molecule has 0 atom stereocenters. The van der Waals surface area contributed by atoms with Gasteiger partial charge in [-0.3, -0.25) is 4.68 Å². The normalized spacial score (nSPS) is 15.6. The summed E-state index contributed by atoms with van der Waals surface area (Å²) in [5, 5.41) is 5.08. The fourth-order valence-corrected chi connectivity index (χ4v) is 2.84. The standard InChI is InChI=1S/C11H14N4S/c1-15-5-4-8(14-15)6-9-10(7-2-3-7)13-11(12)16-9/h4-5,7H,2-3,6H2,1H3,(H2,12,13). The molecule has 0 spiro atoms. The second-order valence-electron chi connectivity index (χ2n) is 4.29. The largest absolute Gasteiger partial charge is 0.375 e. The molecule has 1 aliphatic rings. The molecule has 0 bridgehead atoms. The van der Waals surface area contributed by atoms with Gasteiger partial charge in [0.2, 0.25) is 0 Å². The zero-order chi connectivity index (χ0) is 11.1. The molecular weight excluding hydrogens is 220 g/mol. The van der Waals surface area contributed by atoms with Gasteiger partial charge < -0.3 is 5.73 Å². The van der Waals surface area contributed by atoms with Crippen LogP contribution in [0.15, 0.2) is 12.3 Å². The van der Waals surface area contributed by atoms with E-state index in [0.29, 0.717) is 11.0 Å². The van der Waals surface area contributed by atoms with Crippen LogP contribution in [0, 0.1) is 0 Å². The third-order valence-electron chi connectivity index (χ3n) is 2.82.